The summed E-state index contributed by atoms with van der Waals surface area (Å²) >= 11 is 3.69. The first-order valence-corrected chi connectivity index (χ1v) is 7.10. The molecule has 0 radical (unpaired) electrons. The molecule has 0 aliphatic carbocycles. The Kier molecular flexibility index (Phi) is 4.51. The number of nitrogens with one attached hydrogen (secondary N) is 1. The molecule has 0 spiro atoms. The molecular weight excluding hydrogens is 294 g/mol. The summed E-state index contributed by atoms with van der Waals surface area (Å²) in [6.45, 7) is 4.17. The summed E-state index contributed by atoms with van der Waals surface area (Å²) in [5.74, 6) is 2.42. The Morgan fingerprint density at radius 2 is 1.89 bits per heavy atom. The van der Waals surface area contributed by atoms with Crippen LogP contribution in [0.25, 0.3) is 0 Å². The lowest BCUT2D eigenvalue weighted by Gasteiger charge is -2.27. The van der Waals surface area contributed by atoms with Crippen LogP contribution in [0, 0.1) is 6.92 Å². The lowest BCUT2D eigenvalue weighted by atomic mass is 9.88. The molecule has 1 N–H and O–H groups in total. The SMILES string of the molecule is COc1cc(C)c(OC)c(Br)c1C1CCNCC1. The molecule has 0 bridgehead atoms. The van der Waals surface area contributed by atoms with Crippen molar-refractivity contribution in [3.05, 3.63) is 21.7 Å². The number of hydrogen-bond acceptors (Lipinski definition) is 3. The molecule has 0 atom stereocenters. The molecule has 0 aromatic heterocycles. The minimum absolute atomic E-state index is 0.532. The van der Waals surface area contributed by atoms with Crippen molar-refractivity contribution in [1.29, 1.82) is 0 Å². The zero-order chi connectivity index (χ0) is 13.1. The van der Waals surface area contributed by atoms with Crippen LogP contribution in [0.3, 0.4) is 0 Å². The van der Waals surface area contributed by atoms with Crippen LogP contribution < -0.4 is 14.8 Å². The second-order valence-corrected chi connectivity index (χ2v) is 5.47. The summed E-state index contributed by atoms with van der Waals surface area (Å²) in [5, 5.41) is 3.39. The highest BCUT2D eigenvalue weighted by Crippen LogP contribution is 2.44. The van der Waals surface area contributed by atoms with Gasteiger partial charge in [-0.25, -0.2) is 0 Å². The zero-order valence-corrected chi connectivity index (χ0v) is 12.8. The predicted molar refractivity (Wildman–Crippen MR) is 76.8 cm³/mol. The van der Waals surface area contributed by atoms with Gasteiger partial charge in [-0.05, 0) is 66.3 Å². The molecule has 0 saturated carbocycles. The van der Waals surface area contributed by atoms with Crippen LogP contribution in [0.15, 0.2) is 10.5 Å². The Labute approximate surface area is 117 Å². The first-order chi connectivity index (χ1) is 8.69. The number of rotatable bonds is 3. The average Bonchev–Trinajstić information content (AvgIpc) is 2.39. The third kappa shape index (κ3) is 2.50. The van der Waals surface area contributed by atoms with E-state index < -0.39 is 0 Å². The molecule has 18 heavy (non-hydrogen) atoms. The predicted octanol–water partition coefficient (Wildman–Crippen LogP) is 3.24. The van der Waals surface area contributed by atoms with E-state index in [1.54, 1.807) is 14.2 Å². The third-order valence-electron chi connectivity index (χ3n) is 3.58. The van der Waals surface area contributed by atoms with Crippen molar-refractivity contribution < 1.29 is 9.47 Å². The Morgan fingerprint density at radius 3 is 2.44 bits per heavy atom. The monoisotopic (exact) mass is 313 g/mol. The van der Waals surface area contributed by atoms with Crippen molar-refractivity contribution >= 4 is 15.9 Å². The normalized spacial score (nSPS) is 16.7. The van der Waals surface area contributed by atoms with Gasteiger partial charge in [-0.1, -0.05) is 0 Å². The first-order valence-electron chi connectivity index (χ1n) is 6.30. The van der Waals surface area contributed by atoms with Crippen LogP contribution in [0.5, 0.6) is 11.5 Å². The smallest absolute Gasteiger partial charge is 0.136 e. The van der Waals surface area contributed by atoms with Crippen molar-refractivity contribution in [3.8, 4) is 11.5 Å². The lowest BCUT2D eigenvalue weighted by molar-refractivity contribution is 0.379. The summed E-state index contributed by atoms with van der Waals surface area (Å²) in [6.07, 6.45) is 2.28. The molecule has 1 aliphatic rings. The van der Waals surface area contributed by atoms with Gasteiger partial charge in [0.15, 0.2) is 0 Å². The molecule has 1 fully saturated rings. The van der Waals surface area contributed by atoms with Gasteiger partial charge in [0.2, 0.25) is 0 Å². The number of methoxy groups -OCH3 is 2. The van der Waals surface area contributed by atoms with Crippen molar-refractivity contribution in [2.24, 2.45) is 0 Å². The van der Waals surface area contributed by atoms with Gasteiger partial charge in [0.25, 0.3) is 0 Å². The highest BCUT2D eigenvalue weighted by Gasteiger charge is 2.24. The average molecular weight is 314 g/mol. The highest BCUT2D eigenvalue weighted by molar-refractivity contribution is 9.10. The highest BCUT2D eigenvalue weighted by atomic mass is 79.9. The topological polar surface area (TPSA) is 30.5 Å². The van der Waals surface area contributed by atoms with Gasteiger partial charge in [0, 0.05) is 5.56 Å². The quantitative estimate of drug-likeness (QED) is 0.929. The van der Waals surface area contributed by atoms with Crippen molar-refractivity contribution in [3.63, 3.8) is 0 Å². The number of aryl methyl sites for hydroxylation is 1. The van der Waals surface area contributed by atoms with E-state index in [1.165, 1.54) is 5.56 Å². The van der Waals surface area contributed by atoms with Crippen molar-refractivity contribution in [2.75, 3.05) is 27.3 Å². The second-order valence-electron chi connectivity index (χ2n) is 4.68. The molecule has 0 amide bonds. The Balaban J connectivity index is 2.48. The molecule has 2 rings (SSSR count). The molecule has 1 aromatic carbocycles. The number of halogens is 1. The molecule has 1 aromatic rings. The molecule has 100 valence electrons. The maximum atomic E-state index is 5.55. The molecule has 3 nitrogen and oxygen atoms in total. The van der Waals surface area contributed by atoms with Gasteiger partial charge < -0.3 is 14.8 Å². The van der Waals surface area contributed by atoms with E-state index in [0.717, 1.165) is 47.5 Å². The van der Waals surface area contributed by atoms with E-state index in [2.05, 4.69) is 27.3 Å². The van der Waals surface area contributed by atoms with Crippen LogP contribution in [0.2, 0.25) is 0 Å². The summed E-state index contributed by atoms with van der Waals surface area (Å²) < 4.78 is 12.1. The molecule has 1 aliphatic heterocycles. The number of ether oxygens (including phenoxy) is 2. The Morgan fingerprint density at radius 1 is 1.22 bits per heavy atom. The summed E-state index contributed by atoms with van der Waals surface area (Å²) in [7, 11) is 3.45. The van der Waals surface area contributed by atoms with E-state index in [1.807, 2.05) is 6.92 Å². The maximum absolute atomic E-state index is 5.55. The van der Waals surface area contributed by atoms with Crippen LogP contribution >= 0.6 is 15.9 Å². The van der Waals surface area contributed by atoms with Crippen molar-refractivity contribution in [1.82, 2.24) is 5.32 Å². The van der Waals surface area contributed by atoms with Gasteiger partial charge in [-0.15, -0.1) is 0 Å². The molecule has 1 saturated heterocycles. The van der Waals surface area contributed by atoms with Crippen LogP contribution in [-0.2, 0) is 0 Å². The van der Waals surface area contributed by atoms with Gasteiger partial charge in [0.05, 0.1) is 18.7 Å². The first kappa shape index (κ1) is 13.7. The van der Waals surface area contributed by atoms with Crippen LogP contribution in [-0.4, -0.2) is 27.3 Å². The lowest BCUT2D eigenvalue weighted by Crippen LogP contribution is -2.27. The number of benzene rings is 1. The third-order valence-corrected chi connectivity index (χ3v) is 4.37. The van der Waals surface area contributed by atoms with E-state index in [9.17, 15) is 0 Å². The largest absolute Gasteiger partial charge is 0.496 e. The molecule has 4 heteroatoms. The Hall–Kier alpha value is -0.740. The molecule has 0 unspecified atom stereocenters. The minimum Gasteiger partial charge on any atom is -0.496 e. The maximum Gasteiger partial charge on any atom is 0.136 e. The zero-order valence-electron chi connectivity index (χ0n) is 11.2. The Bertz CT molecular complexity index is 428. The van der Waals surface area contributed by atoms with E-state index in [0.29, 0.717) is 5.92 Å². The van der Waals surface area contributed by atoms with Crippen LogP contribution in [0.4, 0.5) is 0 Å². The van der Waals surface area contributed by atoms with Gasteiger partial charge in [0.1, 0.15) is 11.5 Å². The van der Waals surface area contributed by atoms with Gasteiger partial charge >= 0.3 is 0 Å². The van der Waals surface area contributed by atoms with E-state index in [-0.39, 0.29) is 0 Å². The van der Waals surface area contributed by atoms with Crippen LogP contribution in [0.1, 0.15) is 29.9 Å². The van der Waals surface area contributed by atoms with Crippen molar-refractivity contribution in [2.45, 2.75) is 25.7 Å². The van der Waals surface area contributed by atoms with E-state index in [4.69, 9.17) is 9.47 Å². The summed E-state index contributed by atoms with van der Waals surface area (Å²) in [4.78, 5) is 0. The number of piperidine rings is 1. The summed E-state index contributed by atoms with van der Waals surface area (Å²) in [6, 6.07) is 2.07. The standard InChI is InChI=1S/C14H20BrNO2/c1-9-8-11(17-2)12(13(15)14(9)18-3)10-4-6-16-7-5-10/h8,10,16H,4-7H2,1-3H3. The molecular formula is C14H20BrNO2. The fraction of sp³-hybridized carbons (Fsp3) is 0.571. The van der Waals surface area contributed by atoms with E-state index >= 15 is 0 Å². The summed E-state index contributed by atoms with van der Waals surface area (Å²) in [5.41, 5.74) is 2.35. The minimum atomic E-state index is 0.532. The van der Waals surface area contributed by atoms with Gasteiger partial charge in [-0.3, -0.25) is 0 Å². The fourth-order valence-electron chi connectivity index (χ4n) is 2.65. The second kappa shape index (κ2) is 5.93. The number of hydrogen-bond donors (Lipinski definition) is 1. The molecule has 1 heterocycles. The van der Waals surface area contributed by atoms with Gasteiger partial charge in [-0.2, -0.15) is 0 Å². The fourth-order valence-corrected chi connectivity index (χ4v) is 3.65.